The smallest absolute Gasteiger partial charge is 0.0562 e. The van der Waals surface area contributed by atoms with Gasteiger partial charge in [-0.1, -0.05) is 37.6 Å². The Labute approximate surface area is 132 Å². The zero-order valence-corrected chi connectivity index (χ0v) is 13.6. The number of nitrogens with zero attached hydrogens (tertiary/aromatic N) is 2. The summed E-state index contributed by atoms with van der Waals surface area (Å²) in [6, 6.07) is 12.6. The van der Waals surface area contributed by atoms with Gasteiger partial charge in [0.25, 0.3) is 0 Å². The topological polar surface area (TPSA) is 28.2 Å². The number of hydrogen-bond acceptors (Lipinski definition) is 3. The molecule has 2 aromatic rings. The Hall–Kier alpha value is -1.58. The highest BCUT2D eigenvalue weighted by atomic mass is 35.5. The third-order valence-electron chi connectivity index (χ3n) is 3.27. The lowest BCUT2D eigenvalue weighted by Gasteiger charge is -2.20. The van der Waals surface area contributed by atoms with Gasteiger partial charge in [-0.3, -0.25) is 4.98 Å². The molecule has 21 heavy (non-hydrogen) atoms. The van der Waals surface area contributed by atoms with Crippen molar-refractivity contribution in [3.05, 3.63) is 58.9 Å². The first-order valence-electron chi connectivity index (χ1n) is 7.18. The van der Waals surface area contributed by atoms with Crippen LogP contribution >= 0.6 is 11.6 Å². The molecule has 3 nitrogen and oxygen atoms in total. The van der Waals surface area contributed by atoms with Gasteiger partial charge in [0.1, 0.15) is 0 Å². The second kappa shape index (κ2) is 7.43. The molecule has 1 N–H and O–H groups in total. The molecule has 1 aromatic heterocycles. The molecular weight excluding hydrogens is 282 g/mol. The number of rotatable bonds is 6. The maximum Gasteiger partial charge on any atom is 0.0562 e. The van der Waals surface area contributed by atoms with E-state index < -0.39 is 0 Å². The van der Waals surface area contributed by atoms with E-state index in [0.717, 1.165) is 23.8 Å². The number of nitrogens with one attached hydrogen (secondary N) is 1. The molecule has 0 amide bonds. The van der Waals surface area contributed by atoms with Crippen LogP contribution in [0.4, 0.5) is 5.69 Å². The van der Waals surface area contributed by atoms with Gasteiger partial charge >= 0.3 is 0 Å². The van der Waals surface area contributed by atoms with Gasteiger partial charge in [0.05, 0.1) is 5.69 Å². The first-order chi connectivity index (χ1) is 10.0. The van der Waals surface area contributed by atoms with E-state index in [1.54, 1.807) is 0 Å². The zero-order valence-electron chi connectivity index (χ0n) is 12.8. The van der Waals surface area contributed by atoms with Crippen LogP contribution in [-0.2, 0) is 13.1 Å². The van der Waals surface area contributed by atoms with Crippen molar-refractivity contribution in [1.29, 1.82) is 0 Å². The van der Waals surface area contributed by atoms with Gasteiger partial charge in [-0.2, -0.15) is 0 Å². The van der Waals surface area contributed by atoms with Crippen molar-refractivity contribution >= 4 is 17.3 Å². The molecule has 112 valence electrons. The highest BCUT2D eigenvalue weighted by Gasteiger charge is 2.05. The fourth-order valence-electron chi connectivity index (χ4n) is 2.06. The van der Waals surface area contributed by atoms with Crippen molar-refractivity contribution in [3.63, 3.8) is 0 Å². The van der Waals surface area contributed by atoms with Crippen molar-refractivity contribution < 1.29 is 0 Å². The van der Waals surface area contributed by atoms with Crippen LogP contribution in [0.3, 0.4) is 0 Å². The Morgan fingerprint density at radius 2 is 1.90 bits per heavy atom. The standard InChI is InChI=1S/C17H22ClN3/c1-13(2)20-11-16-10-17(8-9-19-16)21(3)12-14-4-6-15(18)7-5-14/h4-10,13,20H,11-12H2,1-3H3. The highest BCUT2D eigenvalue weighted by molar-refractivity contribution is 6.30. The molecule has 1 heterocycles. The van der Waals surface area contributed by atoms with E-state index in [2.05, 4.69) is 54.3 Å². The Bertz CT molecular complexity index is 567. The molecule has 0 atom stereocenters. The van der Waals surface area contributed by atoms with E-state index in [1.807, 2.05) is 24.4 Å². The average molecular weight is 304 g/mol. The zero-order chi connectivity index (χ0) is 15.2. The Balaban J connectivity index is 2.03. The van der Waals surface area contributed by atoms with Gasteiger partial charge in [-0.25, -0.2) is 0 Å². The van der Waals surface area contributed by atoms with Crippen LogP contribution in [0.25, 0.3) is 0 Å². The Kier molecular flexibility index (Phi) is 5.59. The van der Waals surface area contributed by atoms with Gasteiger partial charge in [0.15, 0.2) is 0 Å². The van der Waals surface area contributed by atoms with Crippen molar-refractivity contribution in [2.45, 2.75) is 33.0 Å². The number of benzene rings is 1. The SMILES string of the molecule is CC(C)NCc1cc(N(C)Cc2ccc(Cl)cc2)ccn1. The molecule has 0 spiro atoms. The third-order valence-corrected chi connectivity index (χ3v) is 3.52. The molecule has 0 saturated carbocycles. The lowest BCUT2D eigenvalue weighted by Crippen LogP contribution is -2.23. The second-order valence-electron chi connectivity index (χ2n) is 5.52. The number of halogens is 1. The maximum absolute atomic E-state index is 5.92. The van der Waals surface area contributed by atoms with E-state index in [4.69, 9.17) is 11.6 Å². The monoisotopic (exact) mass is 303 g/mol. The molecule has 0 aliphatic heterocycles. The first kappa shape index (κ1) is 15.8. The van der Waals surface area contributed by atoms with Gasteiger partial charge in [0.2, 0.25) is 0 Å². The van der Waals surface area contributed by atoms with E-state index in [9.17, 15) is 0 Å². The van der Waals surface area contributed by atoms with E-state index in [0.29, 0.717) is 6.04 Å². The molecule has 0 radical (unpaired) electrons. The summed E-state index contributed by atoms with van der Waals surface area (Å²) < 4.78 is 0. The van der Waals surface area contributed by atoms with E-state index in [1.165, 1.54) is 11.3 Å². The van der Waals surface area contributed by atoms with Gasteiger partial charge in [-0.05, 0) is 29.8 Å². The summed E-state index contributed by atoms with van der Waals surface area (Å²) in [6.45, 7) is 5.91. The summed E-state index contributed by atoms with van der Waals surface area (Å²) in [6.07, 6.45) is 1.87. The number of hydrogen-bond donors (Lipinski definition) is 1. The predicted octanol–water partition coefficient (Wildman–Crippen LogP) is 3.87. The summed E-state index contributed by atoms with van der Waals surface area (Å²) in [7, 11) is 2.09. The van der Waals surface area contributed by atoms with E-state index in [-0.39, 0.29) is 0 Å². The van der Waals surface area contributed by atoms with Gasteiger partial charge in [-0.15, -0.1) is 0 Å². The molecule has 2 rings (SSSR count). The summed E-state index contributed by atoms with van der Waals surface area (Å²) >= 11 is 5.92. The van der Waals surface area contributed by atoms with Crippen molar-refractivity contribution in [2.75, 3.05) is 11.9 Å². The molecule has 0 unspecified atom stereocenters. The number of pyridine rings is 1. The van der Waals surface area contributed by atoms with Crippen LogP contribution in [-0.4, -0.2) is 18.1 Å². The second-order valence-corrected chi connectivity index (χ2v) is 5.96. The summed E-state index contributed by atoms with van der Waals surface area (Å²) in [4.78, 5) is 6.62. The molecule has 1 aromatic carbocycles. The first-order valence-corrected chi connectivity index (χ1v) is 7.56. The maximum atomic E-state index is 5.92. The number of anilines is 1. The van der Waals surface area contributed by atoms with Gasteiger partial charge in [0, 0.05) is 43.1 Å². The van der Waals surface area contributed by atoms with Crippen molar-refractivity contribution in [3.8, 4) is 0 Å². The molecular formula is C17H22ClN3. The van der Waals surface area contributed by atoms with Crippen LogP contribution in [0.5, 0.6) is 0 Å². The van der Waals surface area contributed by atoms with Crippen LogP contribution in [0.15, 0.2) is 42.6 Å². The molecule has 0 aliphatic rings. The van der Waals surface area contributed by atoms with Crippen LogP contribution in [0.2, 0.25) is 5.02 Å². The molecule has 0 fully saturated rings. The quantitative estimate of drug-likeness (QED) is 0.878. The highest BCUT2D eigenvalue weighted by Crippen LogP contribution is 2.17. The summed E-state index contributed by atoms with van der Waals surface area (Å²) in [5.41, 5.74) is 3.46. The van der Waals surface area contributed by atoms with Crippen molar-refractivity contribution in [2.24, 2.45) is 0 Å². The normalized spacial score (nSPS) is 10.9. The summed E-state index contributed by atoms with van der Waals surface area (Å²) in [5.74, 6) is 0. The lowest BCUT2D eigenvalue weighted by atomic mass is 10.2. The minimum absolute atomic E-state index is 0.460. The minimum atomic E-state index is 0.460. The minimum Gasteiger partial charge on any atom is -0.370 e. The van der Waals surface area contributed by atoms with Crippen LogP contribution in [0, 0.1) is 0 Å². The Morgan fingerprint density at radius 3 is 2.57 bits per heavy atom. The van der Waals surface area contributed by atoms with Crippen molar-refractivity contribution in [1.82, 2.24) is 10.3 Å². The summed E-state index contributed by atoms with van der Waals surface area (Å²) in [5, 5.41) is 4.16. The fraction of sp³-hybridized carbons (Fsp3) is 0.353. The third kappa shape index (κ3) is 5.03. The number of aromatic nitrogens is 1. The molecule has 0 aliphatic carbocycles. The average Bonchev–Trinajstić information content (AvgIpc) is 2.48. The van der Waals surface area contributed by atoms with Gasteiger partial charge < -0.3 is 10.2 Å². The molecule has 0 bridgehead atoms. The largest absolute Gasteiger partial charge is 0.370 e. The Morgan fingerprint density at radius 1 is 1.19 bits per heavy atom. The molecule has 4 heteroatoms. The fourth-order valence-corrected chi connectivity index (χ4v) is 2.19. The van der Waals surface area contributed by atoms with Crippen LogP contribution in [0.1, 0.15) is 25.1 Å². The van der Waals surface area contributed by atoms with Crippen LogP contribution < -0.4 is 10.2 Å². The van der Waals surface area contributed by atoms with E-state index >= 15 is 0 Å². The predicted molar refractivity (Wildman–Crippen MR) is 89.8 cm³/mol. The lowest BCUT2D eigenvalue weighted by molar-refractivity contribution is 0.581. The molecule has 0 saturated heterocycles.